The first-order chi connectivity index (χ1) is 16.3. The SMILES string of the molecule is Cc1c2ccccc2c(C(C)(C)C)c2c1c1c3c(cc[n+]1C)cc(F)c1c4ccccc4n2c13. The summed E-state index contributed by atoms with van der Waals surface area (Å²) in [7, 11) is 2.11. The Balaban J connectivity index is 2.03. The van der Waals surface area contributed by atoms with E-state index in [4.69, 9.17) is 0 Å². The Morgan fingerprint density at radius 3 is 2.21 bits per heavy atom. The van der Waals surface area contributed by atoms with Crippen molar-refractivity contribution in [3.05, 3.63) is 83.8 Å². The highest BCUT2D eigenvalue weighted by molar-refractivity contribution is 6.29. The van der Waals surface area contributed by atoms with E-state index >= 15 is 4.39 Å². The average molecular weight is 446 g/mol. The molecule has 4 aromatic carbocycles. The van der Waals surface area contributed by atoms with Crippen molar-refractivity contribution in [2.45, 2.75) is 33.1 Å². The molecule has 0 saturated carbocycles. The Hall–Kier alpha value is -3.72. The molecule has 0 aliphatic rings. The molecule has 0 fully saturated rings. The van der Waals surface area contributed by atoms with Gasteiger partial charge in [0.15, 0.2) is 6.20 Å². The van der Waals surface area contributed by atoms with Crippen LogP contribution in [0.25, 0.3) is 59.8 Å². The van der Waals surface area contributed by atoms with Crippen molar-refractivity contribution in [3.63, 3.8) is 0 Å². The minimum absolute atomic E-state index is 0.119. The second-order valence-corrected chi connectivity index (χ2v) is 10.7. The van der Waals surface area contributed by atoms with Gasteiger partial charge in [-0.25, -0.2) is 8.96 Å². The van der Waals surface area contributed by atoms with Crippen molar-refractivity contribution in [3.8, 4) is 0 Å². The maximum Gasteiger partial charge on any atom is 0.224 e. The quantitative estimate of drug-likeness (QED) is 0.128. The molecular weight excluding hydrogens is 419 g/mol. The van der Waals surface area contributed by atoms with Crippen LogP contribution in [0.3, 0.4) is 0 Å². The lowest BCUT2D eigenvalue weighted by molar-refractivity contribution is -0.643. The van der Waals surface area contributed by atoms with E-state index in [2.05, 4.69) is 92.4 Å². The first kappa shape index (κ1) is 19.7. The van der Waals surface area contributed by atoms with Crippen LogP contribution in [-0.4, -0.2) is 4.40 Å². The lowest BCUT2D eigenvalue weighted by Crippen LogP contribution is -2.29. The van der Waals surface area contributed by atoms with Crippen molar-refractivity contribution < 1.29 is 8.96 Å². The fourth-order valence-corrected chi connectivity index (χ4v) is 6.36. The smallest absolute Gasteiger partial charge is 0.224 e. The van der Waals surface area contributed by atoms with Gasteiger partial charge in [0.25, 0.3) is 0 Å². The Kier molecular flexibility index (Phi) is 3.62. The van der Waals surface area contributed by atoms with Crippen molar-refractivity contribution in [2.75, 3.05) is 0 Å². The van der Waals surface area contributed by atoms with Crippen LogP contribution < -0.4 is 4.57 Å². The number of aromatic nitrogens is 2. The zero-order valence-corrected chi connectivity index (χ0v) is 20.1. The van der Waals surface area contributed by atoms with Gasteiger partial charge in [-0.3, -0.25) is 0 Å². The van der Waals surface area contributed by atoms with Crippen LogP contribution in [0, 0.1) is 12.7 Å². The van der Waals surface area contributed by atoms with E-state index in [9.17, 15) is 0 Å². The highest BCUT2D eigenvalue weighted by atomic mass is 19.1. The van der Waals surface area contributed by atoms with Crippen LogP contribution in [0.4, 0.5) is 4.39 Å². The predicted molar refractivity (Wildman–Crippen MR) is 141 cm³/mol. The number of aryl methyl sites for hydroxylation is 2. The van der Waals surface area contributed by atoms with Crippen LogP contribution in [-0.2, 0) is 12.5 Å². The second kappa shape index (κ2) is 6.24. The van der Waals surface area contributed by atoms with Crippen LogP contribution in [0.15, 0.2) is 66.9 Å². The van der Waals surface area contributed by atoms with E-state index in [1.165, 1.54) is 38.3 Å². The van der Waals surface area contributed by atoms with Gasteiger partial charge < -0.3 is 4.40 Å². The normalized spacial score (nSPS) is 13.0. The number of pyridine rings is 2. The number of rotatable bonds is 0. The van der Waals surface area contributed by atoms with Crippen LogP contribution >= 0.6 is 0 Å². The molecule has 0 N–H and O–H groups in total. The van der Waals surface area contributed by atoms with Crippen LogP contribution in [0.5, 0.6) is 0 Å². The summed E-state index contributed by atoms with van der Waals surface area (Å²) >= 11 is 0. The molecule has 3 heteroatoms. The molecule has 0 saturated heterocycles. The van der Waals surface area contributed by atoms with Gasteiger partial charge in [-0.05, 0) is 51.8 Å². The molecule has 3 aromatic heterocycles. The fraction of sp³-hybridized carbons (Fsp3) is 0.194. The summed E-state index contributed by atoms with van der Waals surface area (Å²) < 4.78 is 20.3. The van der Waals surface area contributed by atoms with E-state index in [-0.39, 0.29) is 11.2 Å². The van der Waals surface area contributed by atoms with Crippen molar-refractivity contribution in [2.24, 2.45) is 7.05 Å². The van der Waals surface area contributed by atoms with E-state index in [1.807, 2.05) is 12.1 Å². The first-order valence-electron chi connectivity index (χ1n) is 11.9. The highest BCUT2D eigenvalue weighted by Crippen LogP contribution is 2.47. The number of benzene rings is 4. The maximum atomic E-state index is 15.7. The standard InChI is InChI=1S/C31H26FN2/c1-17-19-10-6-7-11-20(19)27(31(2,3)4)30-24(17)28-25-18(14-15-33(28)5)16-22(32)26-21-12-8-9-13-23(21)34(30)29(25)26/h6-16H,1-5H3/q+1. The molecule has 7 rings (SSSR count). The number of nitrogens with zero attached hydrogens (tertiary/aromatic N) is 2. The van der Waals surface area contributed by atoms with Gasteiger partial charge in [0.05, 0.1) is 27.3 Å². The molecule has 0 atom stereocenters. The topological polar surface area (TPSA) is 8.29 Å². The maximum absolute atomic E-state index is 15.7. The van der Waals surface area contributed by atoms with Crippen LogP contribution in [0.1, 0.15) is 31.9 Å². The largest absolute Gasteiger partial charge is 0.307 e. The van der Waals surface area contributed by atoms with Gasteiger partial charge in [0.2, 0.25) is 5.52 Å². The number of fused-ring (bicyclic) bond motifs is 7. The van der Waals surface area contributed by atoms with Gasteiger partial charge in [0, 0.05) is 16.8 Å². The molecule has 0 spiro atoms. The molecular formula is C31H26FN2+. The van der Waals surface area contributed by atoms with Gasteiger partial charge in [0.1, 0.15) is 12.9 Å². The lowest BCUT2D eigenvalue weighted by Gasteiger charge is -2.26. The van der Waals surface area contributed by atoms with Gasteiger partial charge in [-0.15, -0.1) is 0 Å². The predicted octanol–water partition coefficient (Wildman–Crippen LogP) is 7.71. The number of para-hydroxylation sites is 1. The van der Waals surface area contributed by atoms with E-state index < -0.39 is 0 Å². The minimum atomic E-state index is -0.157. The Bertz CT molecular complexity index is 1970. The average Bonchev–Trinajstić information content (AvgIpc) is 3.16. The third-order valence-corrected chi connectivity index (χ3v) is 7.65. The fourth-order valence-electron chi connectivity index (χ4n) is 6.36. The molecule has 0 amide bonds. The first-order valence-corrected chi connectivity index (χ1v) is 11.9. The summed E-state index contributed by atoms with van der Waals surface area (Å²) in [5, 5.41) is 7.55. The summed E-state index contributed by atoms with van der Waals surface area (Å²) in [6.07, 6.45) is 2.07. The Morgan fingerprint density at radius 1 is 0.794 bits per heavy atom. The van der Waals surface area contributed by atoms with Gasteiger partial charge >= 0.3 is 0 Å². The Morgan fingerprint density at radius 2 is 1.47 bits per heavy atom. The summed E-state index contributed by atoms with van der Waals surface area (Å²) in [6, 6.07) is 20.8. The number of hydrogen-bond donors (Lipinski definition) is 0. The zero-order chi connectivity index (χ0) is 23.5. The molecule has 0 unspecified atom stereocenters. The van der Waals surface area contributed by atoms with Crippen molar-refractivity contribution in [1.29, 1.82) is 0 Å². The highest BCUT2D eigenvalue weighted by Gasteiger charge is 2.31. The third kappa shape index (κ3) is 2.22. The molecule has 0 aliphatic heterocycles. The van der Waals surface area contributed by atoms with Crippen molar-refractivity contribution in [1.82, 2.24) is 4.40 Å². The number of halogens is 1. The van der Waals surface area contributed by atoms with E-state index in [0.717, 1.165) is 27.2 Å². The van der Waals surface area contributed by atoms with Gasteiger partial charge in [-0.1, -0.05) is 63.2 Å². The minimum Gasteiger partial charge on any atom is -0.307 e. The summed E-state index contributed by atoms with van der Waals surface area (Å²) in [6.45, 7) is 9.10. The molecule has 34 heavy (non-hydrogen) atoms. The molecule has 2 nitrogen and oxygen atoms in total. The van der Waals surface area contributed by atoms with Gasteiger partial charge in [-0.2, -0.15) is 0 Å². The third-order valence-electron chi connectivity index (χ3n) is 7.65. The molecule has 7 aromatic rings. The van der Waals surface area contributed by atoms with Crippen LogP contribution in [0.2, 0.25) is 0 Å². The Labute approximate surface area is 197 Å². The zero-order valence-electron chi connectivity index (χ0n) is 20.1. The molecule has 3 heterocycles. The summed E-state index contributed by atoms with van der Waals surface area (Å²) in [5.41, 5.74) is 6.85. The molecule has 166 valence electrons. The van der Waals surface area contributed by atoms with E-state index in [0.29, 0.717) is 5.39 Å². The number of hydrogen-bond acceptors (Lipinski definition) is 0. The summed E-state index contributed by atoms with van der Waals surface area (Å²) in [4.78, 5) is 0. The summed E-state index contributed by atoms with van der Waals surface area (Å²) in [5.74, 6) is -0.157. The monoisotopic (exact) mass is 445 g/mol. The molecule has 0 bridgehead atoms. The lowest BCUT2D eigenvalue weighted by atomic mass is 9.80. The van der Waals surface area contributed by atoms with Crippen molar-refractivity contribution >= 4 is 59.8 Å². The molecule has 0 radical (unpaired) electrons. The van der Waals surface area contributed by atoms with E-state index in [1.54, 1.807) is 6.07 Å². The second-order valence-electron chi connectivity index (χ2n) is 10.7. The molecule has 0 aliphatic carbocycles.